The molecule has 0 spiro atoms. The summed E-state index contributed by atoms with van der Waals surface area (Å²) < 4.78 is 17.8. The Balaban J connectivity index is 0.00000364. The summed E-state index contributed by atoms with van der Waals surface area (Å²) in [6.07, 6.45) is 4.19. The second kappa shape index (κ2) is 12.8. The van der Waals surface area contributed by atoms with E-state index in [0.29, 0.717) is 29.5 Å². The van der Waals surface area contributed by atoms with Gasteiger partial charge in [0.05, 0.1) is 6.61 Å². The molecule has 0 saturated heterocycles. The lowest BCUT2D eigenvalue weighted by molar-refractivity contribution is 0.336. The fourth-order valence-corrected chi connectivity index (χ4v) is 4.79. The smallest absolute Gasteiger partial charge is 0.191 e. The molecular weight excluding hydrogens is 497 g/mol. The summed E-state index contributed by atoms with van der Waals surface area (Å²) in [5.74, 6) is 2.29. The molecule has 0 aliphatic heterocycles. The standard InChI is InChI=1S/C19H30ClN3O2S.HI/c1-4-25-18-11-15(20)10-9-14(18)13-22-19(21-3)23-16-7-6-8-17(12-16)26(24)5-2;/h9-11,16-17H,4-8,12-13H2,1-3H3,(H2,21,22,23);1H. The first-order valence-corrected chi connectivity index (χ1v) is 11.1. The normalized spacial score (nSPS) is 21.1. The molecule has 3 unspecified atom stereocenters. The lowest BCUT2D eigenvalue weighted by Gasteiger charge is -2.30. The topological polar surface area (TPSA) is 62.7 Å². The van der Waals surface area contributed by atoms with Gasteiger partial charge in [0, 0.05) is 52.0 Å². The summed E-state index contributed by atoms with van der Waals surface area (Å²) >= 11 is 6.06. The predicted molar refractivity (Wildman–Crippen MR) is 126 cm³/mol. The van der Waals surface area contributed by atoms with Gasteiger partial charge in [0.2, 0.25) is 0 Å². The van der Waals surface area contributed by atoms with Crippen LogP contribution in [0.15, 0.2) is 23.2 Å². The maximum absolute atomic E-state index is 12.1. The Morgan fingerprint density at radius 1 is 1.37 bits per heavy atom. The largest absolute Gasteiger partial charge is 0.493 e. The predicted octanol–water partition coefficient (Wildman–Crippen LogP) is 4.10. The van der Waals surface area contributed by atoms with E-state index >= 15 is 0 Å². The average molecular weight is 528 g/mol. The van der Waals surface area contributed by atoms with Gasteiger partial charge in [-0.1, -0.05) is 31.0 Å². The fourth-order valence-electron chi connectivity index (χ4n) is 3.28. The van der Waals surface area contributed by atoms with Crippen molar-refractivity contribution in [3.63, 3.8) is 0 Å². The number of aliphatic imine (C=N–C) groups is 1. The van der Waals surface area contributed by atoms with Crippen molar-refractivity contribution in [3.05, 3.63) is 28.8 Å². The summed E-state index contributed by atoms with van der Waals surface area (Å²) in [6, 6.07) is 5.98. The molecule has 1 fully saturated rings. The molecule has 1 aliphatic rings. The highest BCUT2D eigenvalue weighted by atomic mass is 127. The van der Waals surface area contributed by atoms with Crippen molar-refractivity contribution in [2.75, 3.05) is 19.4 Å². The number of benzene rings is 1. The van der Waals surface area contributed by atoms with E-state index < -0.39 is 10.8 Å². The van der Waals surface area contributed by atoms with Gasteiger partial charge < -0.3 is 15.4 Å². The lowest BCUT2D eigenvalue weighted by Crippen LogP contribution is -2.46. The summed E-state index contributed by atoms with van der Waals surface area (Å²) in [5, 5.41) is 7.79. The van der Waals surface area contributed by atoms with Gasteiger partial charge in [0.15, 0.2) is 5.96 Å². The van der Waals surface area contributed by atoms with Gasteiger partial charge >= 0.3 is 0 Å². The van der Waals surface area contributed by atoms with Crippen molar-refractivity contribution >= 4 is 52.3 Å². The summed E-state index contributed by atoms with van der Waals surface area (Å²) in [4.78, 5) is 4.33. The second-order valence-corrected chi connectivity index (χ2v) is 8.85. The van der Waals surface area contributed by atoms with Gasteiger partial charge in [-0.15, -0.1) is 24.0 Å². The van der Waals surface area contributed by atoms with Crippen molar-refractivity contribution in [1.82, 2.24) is 10.6 Å². The minimum Gasteiger partial charge on any atom is -0.493 e. The number of guanidine groups is 1. The van der Waals surface area contributed by atoms with Crippen LogP contribution in [-0.2, 0) is 17.3 Å². The molecule has 1 aliphatic carbocycles. The van der Waals surface area contributed by atoms with Crippen molar-refractivity contribution in [1.29, 1.82) is 0 Å². The molecule has 2 rings (SSSR count). The first kappa shape index (κ1) is 24.5. The Hall–Kier alpha value is -0.540. The van der Waals surface area contributed by atoms with E-state index in [-0.39, 0.29) is 24.0 Å². The Morgan fingerprint density at radius 2 is 2.15 bits per heavy atom. The molecular formula is C19H31ClIN3O2S. The first-order chi connectivity index (χ1) is 12.6. The van der Waals surface area contributed by atoms with Crippen molar-refractivity contribution in [2.24, 2.45) is 4.99 Å². The van der Waals surface area contributed by atoms with Crippen LogP contribution >= 0.6 is 35.6 Å². The van der Waals surface area contributed by atoms with E-state index in [1.54, 1.807) is 7.05 Å². The molecule has 0 radical (unpaired) electrons. The lowest BCUT2D eigenvalue weighted by atomic mass is 9.95. The van der Waals surface area contributed by atoms with Gasteiger partial charge in [-0.2, -0.15) is 0 Å². The zero-order valence-electron chi connectivity index (χ0n) is 16.3. The number of hydrogen-bond donors (Lipinski definition) is 2. The number of halogens is 2. The number of ether oxygens (including phenoxy) is 1. The van der Waals surface area contributed by atoms with Gasteiger partial charge in [0.1, 0.15) is 5.75 Å². The second-order valence-electron chi connectivity index (χ2n) is 6.41. The highest BCUT2D eigenvalue weighted by molar-refractivity contribution is 14.0. The quantitative estimate of drug-likeness (QED) is 0.318. The molecule has 0 aromatic heterocycles. The van der Waals surface area contributed by atoms with Gasteiger partial charge in [-0.3, -0.25) is 9.20 Å². The monoisotopic (exact) mass is 527 g/mol. The SMILES string of the molecule is CCOc1cc(Cl)ccc1CNC(=NC)NC1CCCC(S(=O)CC)C1.I. The molecule has 8 heteroatoms. The fraction of sp³-hybridized carbons (Fsp3) is 0.632. The third-order valence-corrected chi connectivity index (χ3v) is 6.60. The van der Waals surface area contributed by atoms with Gasteiger partial charge in [0.25, 0.3) is 0 Å². The van der Waals surface area contributed by atoms with E-state index in [1.165, 1.54) is 0 Å². The molecule has 0 amide bonds. The Morgan fingerprint density at radius 3 is 2.81 bits per heavy atom. The van der Waals surface area contributed by atoms with Crippen LogP contribution in [0.25, 0.3) is 0 Å². The molecule has 154 valence electrons. The van der Waals surface area contributed by atoms with Crippen LogP contribution < -0.4 is 15.4 Å². The zero-order chi connectivity index (χ0) is 18.9. The van der Waals surface area contributed by atoms with Crippen LogP contribution in [0.3, 0.4) is 0 Å². The Kier molecular flexibility index (Phi) is 11.6. The number of nitrogens with zero attached hydrogens (tertiary/aromatic N) is 1. The van der Waals surface area contributed by atoms with E-state index in [2.05, 4.69) is 15.6 Å². The van der Waals surface area contributed by atoms with Crippen LogP contribution in [0, 0.1) is 0 Å². The maximum atomic E-state index is 12.1. The van der Waals surface area contributed by atoms with E-state index in [4.69, 9.17) is 16.3 Å². The number of nitrogens with one attached hydrogen (secondary N) is 2. The maximum Gasteiger partial charge on any atom is 0.191 e. The van der Waals surface area contributed by atoms with Gasteiger partial charge in [-0.25, -0.2) is 0 Å². The van der Waals surface area contributed by atoms with Crippen molar-refractivity contribution in [2.45, 2.75) is 57.4 Å². The van der Waals surface area contributed by atoms with E-state index in [1.807, 2.05) is 32.0 Å². The minimum absolute atomic E-state index is 0. The van der Waals surface area contributed by atoms with Crippen molar-refractivity contribution in [3.8, 4) is 5.75 Å². The Bertz CT molecular complexity index is 645. The summed E-state index contributed by atoms with van der Waals surface area (Å²) in [7, 11) is 1.05. The highest BCUT2D eigenvalue weighted by Gasteiger charge is 2.26. The molecule has 3 atom stereocenters. The average Bonchev–Trinajstić information content (AvgIpc) is 2.66. The summed E-state index contributed by atoms with van der Waals surface area (Å²) in [6.45, 7) is 5.15. The molecule has 1 aromatic rings. The van der Waals surface area contributed by atoms with Gasteiger partial charge in [-0.05, 0) is 38.3 Å². The number of hydrogen-bond acceptors (Lipinski definition) is 3. The molecule has 1 aromatic carbocycles. The number of rotatable bonds is 7. The third kappa shape index (κ3) is 7.77. The van der Waals surface area contributed by atoms with Crippen LogP contribution in [0.2, 0.25) is 5.02 Å². The first-order valence-electron chi connectivity index (χ1n) is 9.32. The molecule has 27 heavy (non-hydrogen) atoms. The molecule has 1 saturated carbocycles. The van der Waals surface area contributed by atoms with Crippen molar-refractivity contribution < 1.29 is 8.95 Å². The molecule has 2 N–H and O–H groups in total. The van der Waals surface area contributed by atoms with Crippen LogP contribution in [0.1, 0.15) is 45.1 Å². The highest BCUT2D eigenvalue weighted by Crippen LogP contribution is 2.24. The van der Waals surface area contributed by atoms with E-state index in [9.17, 15) is 4.21 Å². The summed E-state index contributed by atoms with van der Waals surface area (Å²) in [5.41, 5.74) is 1.04. The Labute approximate surface area is 187 Å². The zero-order valence-corrected chi connectivity index (χ0v) is 20.2. The minimum atomic E-state index is -0.721. The molecule has 0 heterocycles. The molecule has 5 nitrogen and oxygen atoms in total. The van der Waals surface area contributed by atoms with Crippen LogP contribution in [-0.4, -0.2) is 40.9 Å². The van der Waals surface area contributed by atoms with Crippen LogP contribution in [0.4, 0.5) is 0 Å². The van der Waals surface area contributed by atoms with E-state index in [0.717, 1.165) is 48.7 Å². The molecule has 0 bridgehead atoms. The van der Waals surface area contributed by atoms with Crippen LogP contribution in [0.5, 0.6) is 5.75 Å². The third-order valence-electron chi connectivity index (χ3n) is 4.62.